The number of rotatable bonds is 3. The van der Waals surface area contributed by atoms with Crippen LogP contribution in [-0.4, -0.2) is 4.98 Å². The maximum Gasteiger partial charge on any atom is 0.219 e. The van der Waals surface area contributed by atoms with Gasteiger partial charge in [-0.05, 0) is 40.5 Å². The van der Waals surface area contributed by atoms with Gasteiger partial charge < -0.3 is 10.5 Å². The van der Waals surface area contributed by atoms with Crippen LogP contribution >= 0.6 is 15.9 Å². The summed E-state index contributed by atoms with van der Waals surface area (Å²) in [7, 11) is 0. The molecule has 0 aliphatic carbocycles. The normalized spacial score (nSPS) is 10.4. The lowest BCUT2D eigenvalue weighted by atomic mass is 10.2. The highest BCUT2D eigenvalue weighted by atomic mass is 79.9. The highest BCUT2D eigenvalue weighted by molar-refractivity contribution is 9.10. The van der Waals surface area contributed by atoms with Crippen LogP contribution in [0.3, 0.4) is 0 Å². The Morgan fingerprint density at radius 2 is 2.11 bits per heavy atom. The first-order valence-corrected chi connectivity index (χ1v) is 6.19. The van der Waals surface area contributed by atoms with Crippen LogP contribution < -0.4 is 10.5 Å². The Labute approximate surface area is 113 Å². The number of halogens is 2. The smallest absolute Gasteiger partial charge is 0.219 e. The van der Waals surface area contributed by atoms with Crippen molar-refractivity contribution in [2.75, 3.05) is 0 Å². The first-order chi connectivity index (χ1) is 8.60. The number of nitrogens with zero attached hydrogens (tertiary/aromatic N) is 1. The number of aromatic nitrogens is 1. The minimum atomic E-state index is -0.372. The molecule has 0 fully saturated rings. The third-order valence-electron chi connectivity index (χ3n) is 2.50. The quantitative estimate of drug-likeness (QED) is 0.943. The molecule has 2 N–H and O–H groups in total. The van der Waals surface area contributed by atoms with Crippen LogP contribution in [0.15, 0.2) is 34.8 Å². The number of hydrogen-bond donors (Lipinski definition) is 1. The number of aryl methyl sites for hydroxylation is 1. The minimum absolute atomic E-state index is 0.372. The van der Waals surface area contributed by atoms with Crippen molar-refractivity contribution < 1.29 is 9.13 Å². The molecule has 0 spiro atoms. The van der Waals surface area contributed by atoms with Crippen molar-refractivity contribution in [3.8, 4) is 11.6 Å². The van der Waals surface area contributed by atoms with Crippen molar-refractivity contribution in [1.29, 1.82) is 0 Å². The van der Waals surface area contributed by atoms with Crippen LogP contribution in [-0.2, 0) is 6.54 Å². The predicted molar refractivity (Wildman–Crippen MR) is 71.0 cm³/mol. The fourth-order valence-electron chi connectivity index (χ4n) is 1.50. The molecule has 1 aromatic carbocycles. The molecule has 0 saturated heterocycles. The van der Waals surface area contributed by atoms with Gasteiger partial charge in [0.1, 0.15) is 11.6 Å². The maximum atomic E-state index is 13.3. The van der Waals surface area contributed by atoms with Crippen molar-refractivity contribution in [3.63, 3.8) is 0 Å². The van der Waals surface area contributed by atoms with E-state index in [1.54, 1.807) is 18.2 Å². The summed E-state index contributed by atoms with van der Waals surface area (Å²) in [5.74, 6) is 0.456. The number of pyridine rings is 1. The van der Waals surface area contributed by atoms with Gasteiger partial charge in [-0.15, -0.1) is 0 Å². The van der Waals surface area contributed by atoms with Crippen molar-refractivity contribution in [3.05, 3.63) is 51.9 Å². The van der Waals surface area contributed by atoms with Crippen molar-refractivity contribution in [2.45, 2.75) is 13.5 Å². The van der Waals surface area contributed by atoms with Gasteiger partial charge in [0.15, 0.2) is 0 Å². The van der Waals surface area contributed by atoms with E-state index in [4.69, 9.17) is 10.5 Å². The zero-order valence-corrected chi connectivity index (χ0v) is 11.4. The number of benzene rings is 1. The molecule has 0 unspecified atom stereocenters. The SMILES string of the molecule is Cc1nc(Oc2ccc(Br)c(F)c2)ccc1CN. The molecule has 3 nitrogen and oxygen atoms in total. The molecule has 18 heavy (non-hydrogen) atoms. The fourth-order valence-corrected chi connectivity index (χ4v) is 1.75. The van der Waals surface area contributed by atoms with E-state index in [9.17, 15) is 4.39 Å². The average molecular weight is 311 g/mol. The van der Waals surface area contributed by atoms with Crippen LogP contribution in [0.5, 0.6) is 11.6 Å². The highest BCUT2D eigenvalue weighted by Gasteiger charge is 2.05. The average Bonchev–Trinajstić information content (AvgIpc) is 2.34. The monoisotopic (exact) mass is 310 g/mol. The van der Waals surface area contributed by atoms with Gasteiger partial charge in [0, 0.05) is 24.4 Å². The summed E-state index contributed by atoms with van der Waals surface area (Å²) in [5, 5.41) is 0. The molecule has 1 aromatic heterocycles. The molecule has 0 bridgehead atoms. The van der Waals surface area contributed by atoms with Gasteiger partial charge in [0.25, 0.3) is 0 Å². The summed E-state index contributed by atoms with van der Waals surface area (Å²) in [5.41, 5.74) is 7.33. The van der Waals surface area contributed by atoms with Crippen LogP contribution in [0, 0.1) is 12.7 Å². The Kier molecular flexibility index (Phi) is 3.93. The molecule has 2 rings (SSSR count). The molecule has 0 saturated carbocycles. The lowest BCUT2D eigenvalue weighted by molar-refractivity contribution is 0.456. The van der Waals surface area contributed by atoms with Crippen molar-refractivity contribution in [2.24, 2.45) is 5.73 Å². The number of nitrogens with two attached hydrogens (primary N) is 1. The summed E-state index contributed by atoms with van der Waals surface area (Å²) in [6, 6.07) is 8.13. The molecule has 1 heterocycles. The van der Waals surface area contributed by atoms with E-state index in [2.05, 4.69) is 20.9 Å². The molecule has 0 atom stereocenters. The molecular formula is C13H12BrFN2O. The van der Waals surface area contributed by atoms with Crippen molar-refractivity contribution in [1.82, 2.24) is 4.98 Å². The molecule has 94 valence electrons. The first-order valence-electron chi connectivity index (χ1n) is 5.39. The summed E-state index contributed by atoms with van der Waals surface area (Å²) in [4.78, 5) is 4.25. The second-order valence-corrected chi connectivity index (χ2v) is 4.63. The van der Waals surface area contributed by atoms with Gasteiger partial charge in [0.05, 0.1) is 4.47 Å². The van der Waals surface area contributed by atoms with Gasteiger partial charge in [-0.2, -0.15) is 0 Å². The second-order valence-electron chi connectivity index (χ2n) is 3.78. The van der Waals surface area contributed by atoms with Crippen LogP contribution in [0.25, 0.3) is 0 Å². The van der Waals surface area contributed by atoms with E-state index in [1.807, 2.05) is 13.0 Å². The van der Waals surface area contributed by atoms with Gasteiger partial charge in [-0.3, -0.25) is 0 Å². The van der Waals surface area contributed by atoms with E-state index >= 15 is 0 Å². The Morgan fingerprint density at radius 3 is 2.72 bits per heavy atom. The van der Waals surface area contributed by atoms with Crippen LogP contribution in [0.1, 0.15) is 11.3 Å². The van der Waals surface area contributed by atoms with E-state index in [0.717, 1.165) is 11.3 Å². The highest BCUT2D eigenvalue weighted by Crippen LogP contribution is 2.25. The lowest BCUT2D eigenvalue weighted by Crippen LogP contribution is -2.01. The standard InChI is InChI=1S/C13H12BrFN2O/c1-8-9(7-16)2-5-13(17-8)18-10-3-4-11(14)12(15)6-10/h2-6H,7,16H2,1H3. The summed E-state index contributed by atoms with van der Waals surface area (Å²) in [6.07, 6.45) is 0. The summed E-state index contributed by atoms with van der Waals surface area (Å²) >= 11 is 3.09. The first kappa shape index (κ1) is 13.0. The predicted octanol–water partition coefficient (Wildman–Crippen LogP) is 3.54. The van der Waals surface area contributed by atoms with E-state index in [-0.39, 0.29) is 5.82 Å². The third-order valence-corrected chi connectivity index (χ3v) is 3.15. The Bertz CT molecular complexity index is 575. The van der Waals surface area contributed by atoms with Gasteiger partial charge >= 0.3 is 0 Å². The third kappa shape index (κ3) is 2.86. The number of ether oxygens (including phenoxy) is 1. The number of hydrogen-bond acceptors (Lipinski definition) is 3. The maximum absolute atomic E-state index is 13.3. The van der Waals surface area contributed by atoms with Crippen molar-refractivity contribution >= 4 is 15.9 Å². The Balaban J connectivity index is 2.23. The van der Waals surface area contributed by atoms with Crippen LogP contribution in [0.4, 0.5) is 4.39 Å². The minimum Gasteiger partial charge on any atom is -0.439 e. The Hall–Kier alpha value is -1.46. The molecule has 0 aliphatic heterocycles. The summed E-state index contributed by atoms with van der Waals surface area (Å²) in [6.45, 7) is 2.29. The lowest BCUT2D eigenvalue weighted by Gasteiger charge is -2.08. The molecule has 0 radical (unpaired) electrons. The van der Waals surface area contributed by atoms with Gasteiger partial charge in [-0.25, -0.2) is 9.37 Å². The Morgan fingerprint density at radius 1 is 1.33 bits per heavy atom. The molecule has 0 amide bonds. The second kappa shape index (κ2) is 5.46. The zero-order chi connectivity index (χ0) is 13.1. The largest absolute Gasteiger partial charge is 0.439 e. The summed E-state index contributed by atoms with van der Waals surface area (Å²) < 4.78 is 19.2. The van der Waals surface area contributed by atoms with Gasteiger partial charge in [-0.1, -0.05) is 6.07 Å². The zero-order valence-electron chi connectivity index (χ0n) is 9.78. The van der Waals surface area contributed by atoms with Gasteiger partial charge in [0.2, 0.25) is 5.88 Å². The fraction of sp³-hybridized carbons (Fsp3) is 0.154. The molecule has 5 heteroatoms. The van der Waals surface area contributed by atoms with E-state index in [0.29, 0.717) is 22.6 Å². The molecule has 2 aromatic rings. The van der Waals surface area contributed by atoms with E-state index in [1.165, 1.54) is 6.07 Å². The molecule has 0 aliphatic rings. The van der Waals surface area contributed by atoms with Crippen LogP contribution in [0.2, 0.25) is 0 Å². The molecular weight excluding hydrogens is 299 g/mol. The topological polar surface area (TPSA) is 48.1 Å². The van der Waals surface area contributed by atoms with E-state index < -0.39 is 0 Å².